The Morgan fingerprint density at radius 2 is 2.00 bits per heavy atom. The second-order valence-corrected chi connectivity index (χ2v) is 6.20. The van der Waals surface area contributed by atoms with E-state index in [0.717, 1.165) is 10.0 Å². The lowest BCUT2D eigenvalue weighted by Gasteiger charge is -2.17. The second kappa shape index (κ2) is 7.38. The third kappa shape index (κ3) is 4.41. The third-order valence-corrected chi connectivity index (χ3v) is 4.46. The lowest BCUT2D eigenvalue weighted by atomic mass is 10.2. The van der Waals surface area contributed by atoms with Gasteiger partial charge in [-0.2, -0.15) is 0 Å². The van der Waals surface area contributed by atoms with Crippen LogP contribution in [-0.2, 0) is 16.1 Å². The van der Waals surface area contributed by atoms with Crippen molar-refractivity contribution in [1.29, 1.82) is 0 Å². The van der Waals surface area contributed by atoms with Crippen LogP contribution < -0.4 is 0 Å². The highest BCUT2D eigenvalue weighted by Crippen LogP contribution is 2.17. The summed E-state index contributed by atoms with van der Waals surface area (Å²) in [7, 11) is 1.68. The van der Waals surface area contributed by atoms with Gasteiger partial charge in [0.2, 0.25) is 0 Å². The fraction of sp³-hybridized carbons (Fsp3) is 0.200. The first-order valence-electron chi connectivity index (χ1n) is 6.26. The SMILES string of the molecule is CN(Cc1ccccc1Br)C(=O)COC(=O)c1cccs1. The molecule has 0 spiro atoms. The van der Waals surface area contributed by atoms with Crippen LogP contribution in [0.2, 0.25) is 0 Å². The molecule has 0 saturated carbocycles. The van der Waals surface area contributed by atoms with E-state index in [1.807, 2.05) is 24.3 Å². The number of esters is 1. The van der Waals surface area contributed by atoms with Crippen LogP contribution in [0.3, 0.4) is 0 Å². The van der Waals surface area contributed by atoms with Crippen molar-refractivity contribution in [2.24, 2.45) is 0 Å². The number of likely N-dealkylation sites (N-methyl/N-ethyl adjacent to an activating group) is 1. The Kier molecular flexibility index (Phi) is 5.52. The third-order valence-electron chi connectivity index (χ3n) is 2.84. The number of benzene rings is 1. The van der Waals surface area contributed by atoms with Gasteiger partial charge in [-0.1, -0.05) is 40.2 Å². The average Bonchev–Trinajstić information content (AvgIpc) is 3.01. The van der Waals surface area contributed by atoms with Gasteiger partial charge in [0.05, 0.1) is 0 Å². The zero-order chi connectivity index (χ0) is 15.2. The Labute approximate surface area is 135 Å². The molecule has 0 atom stereocenters. The highest BCUT2D eigenvalue weighted by Gasteiger charge is 2.15. The molecule has 0 fully saturated rings. The molecule has 1 aromatic heterocycles. The molecule has 0 aliphatic rings. The normalized spacial score (nSPS) is 10.2. The minimum atomic E-state index is -0.465. The molecule has 1 heterocycles. The molecule has 0 aliphatic carbocycles. The van der Waals surface area contributed by atoms with Gasteiger partial charge in [-0.05, 0) is 23.1 Å². The number of amides is 1. The summed E-state index contributed by atoms with van der Waals surface area (Å²) < 4.78 is 5.95. The second-order valence-electron chi connectivity index (χ2n) is 4.39. The number of carbonyl (C=O) groups excluding carboxylic acids is 2. The van der Waals surface area contributed by atoms with E-state index < -0.39 is 5.97 Å². The highest BCUT2D eigenvalue weighted by molar-refractivity contribution is 9.10. The van der Waals surface area contributed by atoms with Gasteiger partial charge in [0.25, 0.3) is 5.91 Å². The Morgan fingerprint density at radius 3 is 2.67 bits per heavy atom. The van der Waals surface area contributed by atoms with Crippen molar-refractivity contribution in [1.82, 2.24) is 4.90 Å². The molecule has 21 heavy (non-hydrogen) atoms. The summed E-state index contributed by atoms with van der Waals surface area (Å²) in [4.78, 5) is 25.7. The molecule has 0 unspecified atom stereocenters. The molecular formula is C15H14BrNO3S. The summed E-state index contributed by atoms with van der Waals surface area (Å²) in [6.45, 7) is 0.203. The van der Waals surface area contributed by atoms with Crippen molar-refractivity contribution in [2.75, 3.05) is 13.7 Å². The minimum absolute atomic E-state index is 0.240. The van der Waals surface area contributed by atoms with E-state index in [9.17, 15) is 9.59 Å². The van der Waals surface area contributed by atoms with Gasteiger partial charge in [-0.15, -0.1) is 11.3 Å². The van der Waals surface area contributed by atoms with Gasteiger partial charge in [-0.25, -0.2) is 4.79 Å². The van der Waals surface area contributed by atoms with E-state index in [4.69, 9.17) is 4.74 Å². The summed E-state index contributed by atoms with van der Waals surface area (Å²) in [5.41, 5.74) is 0.998. The number of hydrogen-bond acceptors (Lipinski definition) is 4. The molecule has 0 N–H and O–H groups in total. The molecule has 0 radical (unpaired) electrons. The molecule has 1 amide bonds. The van der Waals surface area contributed by atoms with Gasteiger partial charge in [0.15, 0.2) is 6.61 Å². The smallest absolute Gasteiger partial charge is 0.348 e. The summed E-state index contributed by atoms with van der Waals surface area (Å²) in [6.07, 6.45) is 0. The number of rotatable bonds is 5. The molecule has 0 aliphatic heterocycles. The van der Waals surface area contributed by atoms with E-state index in [1.54, 1.807) is 24.6 Å². The van der Waals surface area contributed by atoms with Crippen LogP contribution in [0.1, 0.15) is 15.2 Å². The lowest BCUT2D eigenvalue weighted by Crippen LogP contribution is -2.30. The molecule has 2 rings (SSSR count). The zero-order valence-electron chi connectivity index (χ0n) is 11.4. The Hall–Kier alpha value is -1.66. The number of thiophene rings is 1. The average molecular weight is 368 g/mol. The topological polar surface area (TPSA) is 46.6 Å². The maximum absolute atomic E-state index is 12.0. The van der Waals surface area contributed by atoms with Crippen molar-refractivity contribution < 1.29 is 14.3 Å². The molecule has 2 aromatic rings. The first-order valence-corrected chi connectivity index (χ1v) is 7.93. The van der Waals surface area contributed by atoms with Crippen LogP contribution in [0, 0.1) is 0 Å². The van der Waals surface area contributed by atoms with Gasteiger partial charge >= 0.3 is 5.97 Å². The minimum Gasteiger partial charge on any atom is -0.451 e. The molecule has 0 saturated heterocycles. The van der Waals surface area contributed by atoms with Crippen molar-refractivity contribution in [3.8, 4) is 0 Å². The van der Waals surface area contributed by atoms with Crippen LogP contribution in [0.25, 0.3) is 0 Å². The van der Waals surface area contributed by atoms with Gasteiger partial charge < -0.3 is 9.64 Å². The first kappa shape index (κ1) is 15.7. The predicted molar refractivity (Wildman–Crippen MR) is 85.2 cm³/mol. The Morgan fingerprint density at radius 1 is 1.24 bits per heavy atom. The van der Waals surface area contributed by atoms with E-state index in [0.29, 0.717) is 11.4 Å². The quantitative estimate of drug-likeness (QED) is 0.761. The van der Waals surface area contributed by atoms with Crippen molar-refractivity contribution in [2.45, 2.75) is 6.54 Å². The lowest BCUT2D eigenvalue weighted by molar-refractivity contribution is -0.133. The first-order chi connectivity index (χ1) is 10.1. The molecule has 6 heteroatoms. The maximum Gasteiger partial charge on any atom is 0.348 e. The Bertz CT molecular complexity index is 628. The van der Waals surface area contributed by atoms with Crippen LogP contribution in [0.15, 0.2) is 46.3 Å². The monoisotopic (exact) mass is 367 g/mol. The summed E-state index contributed by atoms with van der Waals surface area (Å²) in [5, 5.41) is 1.79. The van der Waals surface area contributed by atoms with Crippen molar-refractivity contribution in [3.63, 3.8) is 0 Å². The van der Waals surface area contributed by atoms with Gasteiger partial charge in [0, 0.05) is 18.1 Å². The van der Waals surface area contributed by atoms with E-state index in [2.05, 4.69) is 15.9 Å². The van der Waals surface area contributed by atoms with Gasteiger partial charge in [-0.3, -0.25) is 4.79 Å². The highest BCUT2D eigenvalue weighted by atomic mass is 79.9. The fourth-order valence-corrected chi connectivity index (χ4v) is 2.70. The van der Waals surface area contributed by atoms with Crippen LogP contribution >= 0.6 is 27.3 Å². The molecule has 0 bridgehead atoms. The number of carbonyl (C=O) groups is 2. The standard InChI is InChI=1S/C15H14BrNO3S/c1-17(9-11-5-2-3-6-12(11)16)14(18)10-20-15(19)13-7-4-8-21-13/h2-8H,9-10H2,1H3. The molecule has 1 aromatic carbocycles. The summed E-state index contributed by atoms with van der Waals surface area (Å²) >= 11 is 4.73. The number of nitrogens with zero attached hydrogens (tertiary/aromatic N) is 1. The molecular weight excluding hydrogens is 354 g/mol. The van der Waals surface area contributed by atoms with E-state index >= 15 is 0 Å². The number of hydrogen-bond donors (Lipinski definition) is 0. The van der Waals surface area contributed by atoms with E-state index in [-0.39, 0.29) is 12.5 Å². The predicted octanol–water partition coefficient (Wildman–Crippen LogP) is 3.33. The number of ether oxygens (including phenoxy) is 1. The Balaban J connectivity index is 1.86. The van der Waals surface area contributed by atoms with Gasteiger partial charge in [0.1, 0.15) is 4.88 Å². The number of halogens is 1. The van der Waals surface area contributed by atoms with E-state index in [1.165, 1.54) is 16.2 Å². The van der Waals surface area contributed by atoms with Crippen molar-refractivity contribution in [3.05, 3.63) is 56.7 Å². The fourth-order valence-electron chi connectivity index (χ4n) is 1.67. The summed E-state index contributed by atoms with van der Waals surface area (Å²) in [6, 6.07) is 11.1. The zero-order valence-corrected chi connectivity index (χ0v) is 13.8. The molecule has 4 nitrogen and oxygen atoms in total. The largest absolute Gasteiger partial charge is 0.451 e. The summed E-state index contributed by atoms with van der Waals surface area (Å²) in [5.74, 6) is -0.705. The maximum atomic E-state index is 12.0. The van der Waals surface area contributed by atoms with Crippen LogP contribution in [0.5, 0.6) is 0 Å². The van der Waals surface area contributed by atoms with Crippen molar-refractivity contribution >= 4 is 39.1 Å². The molecule has 110 valence electrons. The van der Waals surface area contributed by atoms with Crippen LogP contribution in [-0.4, -0.2) is 30.4 Å². The van der Waals surface area contributed by atoms with Crippen LogP contribution in [0.4, 0.5) is 0 Å².